The van der Waals surface area contributed by atoms with Crippen LogP contribution < -0.4 is 10.2 Å². The number of benzene rings is 1. The molecule has 1 heterocycles. The molecule has 1 fully saturated rings. The molecule has 1 aliphatic heterocycles. The molecule has 1 aromatic carbocycles. The molecule has 0 spiro atoms. The van der Waals surface area contributed by atoms with Gasteiger partial charge in [0.25, 0.3) is 0 Å². The molecule has 1 amide bonds. The van der Waals surface area contributed by atoms with Gasteiger partial charge in [0.2, 0.25) is 0 Å². The van der Waals surface area contributed by atoms with E-state index in [9.17, 15) is 22.8 Å². The van der Waals surface area contributed by atoms with Crippen LogP contribution in [0.2, 0.25) is 0 Å². The number of halogens is 3. The third-order valence-corrected chi connectivity index (χ3v) is 4.57. The predicted octanol–water partition coefficient (Wildman–Crippen LogP) is 3.75. The lowest BCUT2D eigenvalue weighted by Crippen LogP contribution is -2.43. The van der Waals surface area contributed by atoms with Crippen molar-refractivity contribution in [3.8, 4) is 0 Å². The van der Waals surface area contributed by atoms with Crippen molar-refractivity contribution >= 4 is 17.7 Å². The molecule has 6 nitrogen and oxygen atoms in total. The SMILES string of the molecule is CCOC(=O)c1cc(F)c(N2C[C@H](CF)[C@H](NC(=O)OC(C)(C)C)C2)c(C)c1F. The number of nitrogens with one attached hydrogen (secondary N) is 1. The molecule has 1 aromatic rings. The Morgan fingerprint density at radius 2 is 1.93 bits per heavy atom. The number of carbonyl (C=O) groups is 2. The van der Waals surface area contributed by atoms with Crippen LogP contribution in [0, 0.1) is 24.5 Å². The highest BCUT2D eigenvalue weighted by atomic mass is 19.1. The number of ether oxygens (including phenoxy) is 2. The van der Waals surface area contributed by atoms with E-state index in [0.717, 1.165) is 6.07 Å². The van der Waals surface area contributed by atoms with Crippen molar-refractivity contribution in [3.63, 3.8) is 0 Å². The maximum absolute atomic E-state index is 14.8. The number of anilines is 1. The summed E-state index contributed by atoms with van der Waals surface area (Å²) in [6.45, 7) is 7.44. The predicted molar refractivity (Wildman–Crippen MR) is 102 cm³/mol. The molecule has 2 atom stereocenters. The van der Waals surface area contributed by atoms with Crippen LogP contribution >= 0.6 is 0 Å². The van der Waals surface area contributed by atoms with Crippen LogP contribution in [0.1, 0.15) is 43.6 Å². The number of alkyl halides is 1. The quantitative estimate of drug-likeness (QED) is 0.741. The first-order chi connectivity index (χ1) is 13.5. The Morgan fingerprint density at radius 3 is 2.48 bits per heavy atom. The molecule has 0 radical (unpaired) electrons. The highest BCUT2D eigenvalue weighted by molar-refractivity contribution is 5.91. The lowest BCUT2D eigenvalue weighted by molar-refractivity contribution is 0.0490. The Bertz CT molecular complexity index is 780. The molecule has 0 bridgehead atoms. The zero-order chi connectivity index (χ0) is 21.9. The Kier molecular flexibility index (Phi) is 7.02. The van der Waals surface area contributed by atoms with Crippen molar-refractivity contribution in [2.45, 2.75) is 46.3 Å². The summed E-state index contributed by atoms with van der Waals surface area (Å²) >= 11 is 0. The summed E-state index contributed by atoms with van der Waals surface area (Å²) in [5.41, 5.74) is -1.36. The highest BCUT2D eigenvalue weighted by Gasteiger charge is 2.37. The van der Waals surface area contributed by atoms with Gasteiger partial charge in [-0.15, -0.1) is 0 Å². The smallest absolute Gasteiger partial charge is 0.407 e. The second kappa shape index (κ2) is 8.92. The molecule has 1 saturated heterocycles. The van der Waals surface area contributed by atoms with Gasteiger partial charge in [-0.2, -0.15) is 0 Å². The Balaban J connectivity index is 2.26. The summed E-state index contributed by atoms with van der Waals surface area (Å²) in [5.74, 6) is -3.28. The maximum atomic E-state index is 14.8. The van der Waals surface area contributed by atoms with E-state index in [1.54, 1.807) is 27.7 Å². The van der Waals surface area contributed by atoms with Gasteiger partial charge in [-0.1, -0.05) is 0 Å². The van der Waals surface area contributed by atoms with Crippen LogP contribution in [0.4, 0.5) is 23.7 Å². The third kappa shape index (κ3) is 5.33. The van der Waals surface area contributed by atoms with Crippen molar-refractivity contribution in [2.24, 2.45) is 5.92 Å². The minimum absolute atomic E-state index is 0.0308. The van der Waals surface area contributed by atoms with Gasteiger partial charge >= 0.3 is 12.1 Å². The number of alkyl carbamates (subject to hydrolysis) is 1. The fourth-order valence-corrected chi connectivity index (χ4v) is 3.32. The summed E-state index contributed by atoms with van der Waals surface area (Å²) in [6.07, 6.45) is -0.705. The monoisotopic (exact) mass is 416 g/mol. The lowest BCUT2D eigenvalue weighted by atomic mass is 10.1. The summed E-state index contributed by atoms with van der Waals surface area (Å²) in [5, 5.41) is 2.60. The molecule has 0 saturated carbocycles. The summed E-state index contributed by atoms with van der Waals surface area (Å²) in [4.78, 5) is 25.3. The minimum atomic E-state index is -0.953. The first-order valence-electron chi connectivity index (χ1n) is 9.44. The number of carbonyl (C=O) groups excluding carboxylic acids is 2. The van der Waals surface area contributed by atoms with Crippen LogP contribution in [0.15, 0.2) is 6.07 Å². The van der Waals surface area contributed by atoms with Crippen molar-refractivity contribution in [2.75, 3.05) is 31.3 Å². The largest absolute Gasteiger partial charge is 0.462 e. The zero-order valence-corrected chi connectivity index (χ0v) is 17.3. The Morgan fingerprint density at radius 1 is 1.28 bits per heavy atom. The Hall–Kier alpha value is -2.45. The normalized spacial score (nSPS) is 19.2. The number of nitrogens with zero attached hydrogens (tertiary/aromatic N) is 1. The fraction of sp³-hybridized carbons (Fsp3) is 0.600. The van der Waals surface area contributed by atoms with Gasteiger partial charge in [-0.3, -0.25) is 4.39 Å². The molecule has 0 aromatic heterocycles. The van der Waals surface area contributed by atoms with Crippen LogP contribution in [0.5, 0.6) is 0 Å². The van der Waals surface area contributed by atoms with Crippen molar-refractivity contribution < 1.29 is 32.2 Å². The molecule has 9 heteroatoms. The standard InChI is InChI=1S/C20H27F3N2O4/c1-6-28-18(26)13-7-14(22)17(11(2)16(13)23)25-9-12(8-21)15(10-25)24-19(27)29-20(3,4)5/h7,12,15H,6,8-10H2,1-5H3,(H,24,27)/t12-,15+/m0/s1. The average molecular weight is 416 g/mol. The molecule has 2 rings (SSSR count). The maximum Gasteiger partial charge on any atom is 0.407 e. The number of amides is 1. The number of rotatable bonds is 5. The van der Waals surface area contributed by atoms with Gasteiger partial charge in [0.15, 0.2) is 0 Å². The molecule has 0 unspecified atom stereocenters. The molecule has 1 N–H and O–H groups in total. The van der Waals surface area contributed by atoms with Gasteiger partial charge < -0.3 is 19.7 Å². The molecule has 0 aliphatic carbocycles. The van der Waals surface area contributed by atoms with Crippen molar-refractivity contribution in [1.82, 2.24) is 5.32 Å². The Labute approximate surface area is 168 Å². The van der Waals surface area contributed by atoms with Gasteiger partial charge in [0.05, 0.1) is 30.6 Å². The number of hydrogen-bond acceptors (Lipinski definition) is 5. The second-order valence-electron chi connectivity index (χ2n) is 7.99. The molecular weight excluding hydrogens is 389 g/mol. The number of hydrogen-bond donors (Lipinski definition) is 1. The first kappa shape index (κ1) is 22.8. The van der Waals surface area contributed by atoms with E-state index < -0.39 is 53.5 Å². The van der Waals surface area contributed by atoms with E-state index in [4.69, 9.17) is 9.47 Å². The average Bonchev–Trinajstić information content (AvgIpc) is 2.98. The van der Waals surface area contributed by atoms with E-state index in [-0.39, 0.29) is 30.9 Å². The van der Waals surface area contributed by atoms with E-state index in [2.05, 4.69) is 5.32 Å². The molecule has 162 valence electrons. The van der Waals surface area contributed by atoms with Crippen LogP contribution in [-0.2, 0) is 9.47 Å². The van der Waals surface area contributed by atoms with Crippen molar-refractivity contribution in [3.05, 3.63) is 28.8 Å². The first-order valence-corrected chi connectivity index (χ1v) is 9.44. The molecule has 1 aliphatic rings. The lowest BCUT2D eigenvalue weighted by Gasteiger charge is -2.24. The van der Waals surface area contributed by atoms with Crippen LogP contribution in [0.25, 0.3) is 0 Å². The van der Waals surface area contributed by atoms with Gasteiger partial charge in [-0.05, 0) is 40.7 Å². The van der Waals surface area contributed by atoms with Gasteiger partial charge in [0, 0.05) is 24.6 Å². The van der Waals surface area contributed by atoms with Crippen molar-refractivity contribution in [1.29, 1.82) is 0 Å². The summed E-state index contributed by atoms with van der Waals surface area (Å²) in [7, 11) is 0. The number of esters is 1. The van der Waals surface area contributed by atoms with Gasteiger partial charge in [-0.25, -0.2) is 18.4 Å². The minimum Gasteiger partial charge on any atom is -0.462 e. The van der Waals surface area contributed by atoms with E-state index in [0.29, 0.717) is 0 Å². The zero-order valence-electron chi connectivity index (χ0n) is 17.3. The summed E-state index contributed by atoms with van der Waals surface area (Å²) in [6, 6.07) is 0.149. The third-order valence-electron chi connectivity index (χ3n) is 4.57. The molecular formula is C20H27F3N2O4. The fourth-order valence-electron chi connectivity index (χ4n) is 3.32. The van der Waals surface area contributed by atoms with E-state index >= 15 is 0 Å². The molecule has 29 heavy (non-hydrogen) atoms. The second-order valence-corrected chi connectivity index (χ2v) is 7.99. The highest BCUT2D eigenvalue weighted by Crippen LogP contribution is 2.33. The topological polar surface area (TPSA) is 67.9 Å². The van der Waals surface area contributed by atoms with E-state index in [1.807, 2.05) is 0 Å². The van der Waals surface area contributed by atoms with Crippen LogP contribution in [0.3, 0.4) is 0 Å². The van der Waals surface area contributed by atoms with Gasteiger partial charge in [0.1, 0.15) is 17.2 Å². The summed E-state index contributed by atoms with van der Waals surface area (Å²) < 4.78 is 52.9. The van der Waals surface area contributed by atoms with Crippen LogP contribution in [-0.4, -0.2) is 50.1 Å². The van der Waals surface area contributed by atoms with E-state index in [1.165, 1.54) is 11.8 Å².